The summed E-state index contributed by atoms with van der Waals surface area (Å²) in [6.45, 7) is 3.02. The lowest BCUT2D eigenvalue weighted by molar-refractivity contribution is 0.414. The molecule has 36 heavy (non-hydrogen) atoms. The van der Waals surface area contributed by atoms with Crippen LogP contribution in [-0.2, 0) is 19.5 Å². The SMILES string of the molecule is CCCCCCCn1nc(Cc2ccc(OC)cc2)n(Cc2n[nH]c(=S)n2-c2ccc(Cl)cc2)c1=O. The Kier molecular flexibility index (Phi) is 8.77. The summed E-state index contributed by atoms with van der Waals surface area (Å²) in [6, 6.07) is 15.1. The molecule has 0 spiro atoms. The maximum absolute atomic E-state index is 13.5. The third-order valence-electron chi connectivity index (χ3n) is 6.12. The van der Waals surface area contributed by atoms with Crippen molar-refractivity contribution in [3.05, 3.63) is 86.0 Å². The molecule has 0 radical (unpaired) electrons. The van der Waals surface area contributed by atoms with Crippen LogP contribution in [0, 0.1) is 4.77 Å². The van der Waals surface area contributed by atoms with Crippen molar-refractivity contribution in [1.29, 1.82) is 0 Å². The van der Waals surface area contributed by atoms with E-state index in [1.807, 2.05) is 41.0 Å². The molecule has 0 aliphatic rings. The predicted octanol–water partition coefficient (Wildman–Crippen LogP) is 5.56. The van der Waals surface area contributed by atoms with Gasteiger partial charge in [0.05, 0.1) is 13.7 Å². The average molecular weight is 527 g/mol. The van der Waals surface area contributed by atoms with Crippen LogP contribution in [0.4, 0.5) is 0 Å². The molecule has 0 saturated heterocycles. The van der Waals surface area contributed by atoms with E-state index >= 15 is 0 Å². The van der Waals surface area contributed by atoms with Crippen LogP contribution in [-0.4, -0.2) is 36.2 Å². The van der Waals surface area contributed by atoms with Crippen LogP contribution in [0.1, 0.15) is 56.2 Å². The number of rotatable bonds is 12. The van der Waals surface area contributed by atoms with Gasteiger partial charge in [0.15, 0.2) is 10.6 Å². The second kappa shape index (κ2) is 12.2. The van der Waals surface area contributed by atoms with Gasteiger partial charge in [-0.1, -0.05) is 56.3 Å². The molecule has 2 heterocycles. The number of unbranched alkanes of at least 4 members (excludes halogenated alkanes) is 4. The number of hydrogen-bond acceptors (Lipinski definition) is 5. The van der Waals surface area contributed by atoms with Crippen LogP contribution in [0.5, 0.6) is 5.75 Å². The van der Waals surface area contributed by atoms with Gasteiger partial charge in [0, 0.05) is 23.7 Å². The van der Waals surface area contributed by atoms with Crippen molar-refractivity contribution in [3.63, 3.8) is 0 Å². The van der Waals surface area contributed by atoms with E-state index in [0.717, 1.165) is 29.8 Å². The van der Waals surface area contributed by atoms with Gasteiger partial charge < -0.3 is 4.74 Å². The van der Waals surface area contributed by atoms with E-state index in [2.05, 4.69) is 17.1 Å². The lowest BCUT2D eigenvalue weighted by Gasteiger charge is -2.09. The van der Waals surface area contributed by atoms with Crippen molar-refractivity contribution >= 4 is 23.8 Å². The fourth-order valence-corrected chi connectivity index (χ4v) is 4.53. The van der Waals surface area contributed by atoms with Gasteiger partial charge >= 0.3 is 5.69 Å². The summed E-state index contributed by atoms with van der Waals surface area (Å²) in [5.41, 5.74) is 1.71. The smallest absolute Gasteiger partial charge is 0.346 e. The number of H-pyrrole nitrogens is 1. The average Bonchev–Trinajstić information content (AvgIpc) is 3.39. The largest absolute Gasteiger partial charge is 0.497 e. The highest BCUT2D eigenvalue weighted by molar-refractivity contribution is 7.71. The molecule has 0 bridgehead atoms. The molecule has 1 N–H and O–H groups in total. The molecule has 0 aliphatic heterocycles. The number of methoxy groups -OCH3 is 1. The molecule has 190 valence electrons. The standard InChI is InChI=1S/C26H31ClN6O2S/c1-3-4-5-6-7-16-32-26(34)31(23(30-32)17-19-8-14-22(35-2)15-9-19)18-24-28-29-25(36)33(24)21-12-10-20(27)11-13-21/h8-15H,3-7,16-18H2,1-2H3,(H,29,36). The molecule has 4 rings (SSSR count). The number of hydrogen-bond donors (Lipinski definition) is 1. The summed E-state index contributed by atoms with van der Waals surface area (Å²) >= 11 is 11.6. The van der Waals surface area contributed by atoms with E-state index in [0.29, 0.717) is 34.4 Å². The van der Waals surface area contributed by atoms with E-state index in [9.17, 15) is 4.79 Å². The maximum Gasteiger partial charge on any atom is 0.346 e. The molecule has 0 saturated carbocycles. The quantitative estimate of drug-likeness (QED) is 0.193. The lowest BCUT2D eigenvalue weighted by atomic mass is 10.1. The minimum atomic E-state index is -0.148. The van der Waals surface area contributed by atoms with Crippen molar-refractivity contribution in [1.82, 2.24) is 29.1 Å². The van der Waals surface area contributed by atoms with Gasteiger partial charge in [-0.05, 0) is 60.6 Å². The van der Waals surface area contributed by atoms with E-state index in [4.69, 9.17) is 33.7 Å². The molecule has 10 heteroatoms. The Labute approximate surface area is 220 Å². The second-order valence-corrected chi connectivity index (χ2v) is 9.53. The Bertz CT molecular complexity index is 1390. The minimum absolute atomic E-state index is 0.148. The first kappa shape index (κ1) is 25.9. The molecule has 0 unspecified atom stereocenters. The molecular formula is C26H31ClN6O2S. The Hall–Kier alpha value is -3.17. The van der Waals surface area contributed by atoms with E-state index in [-0.39, 0.29) is 12.2 Å². The van der Waals surface area contributed by atoms with Crippen molar-refractivity contribution in [2.24, 2.45) is 0 Å². The van der Waals surface area contributed by atoms with Crippen LogP contribution < -0.4 is 10.4 Å². The number of aromatic amines is 1. The predicted molar refractivity (Wildman–Crippen MR) is 144 cm³/mol. The zero-order chi connectivity index (χ0) is 25.5. The lowest BCUT2D eigenvalue weighted by Crippen LogP contribution is -2.27. The zero-order valence-corrected chi connectivity index (χ0v) is 22.2. The van der Waals surface area contributed by atoms with Gasteiger partial charge in [-0.3, -0.25) is 14.2 Å². The number of nitrogens with one attached hydrogen (secondary N) is 1. The number of nitrogens with zero attached hydrogens (tertiary/aromatic N) is 5. The summed E-state index contributed by atoms with van der Waals surface area (Å²) in [5, 5.41) is 12.6. The van der Waals surface area contributed by atoms with E-state index in [1.54, 1.807) is 28.5 Å². The molecular weight excluding hydrogens is 496 g/mol. The number of halogens is 1. The monoisotopic (exact) mass is 526 g/mol. The van der Waals surface area contributed by atoms with Gasteiger partial charge in [-0.15, -0.1) is 0 Å². The first-order chi connectivity index (χ1) is 17.5. The molecule has 4 aromatic rings. The summed E-state index contributed by atoms with van der Waals surface area (Å²) in [6.07, 6.45) is 6.06. The molecule has 2 aromatic heterocycles. The molecule has 0 aliphatic carbocycles. The van der Waals surface area contributed by atoms with Gasteiger partial charge in [0.25, 0.3) is 0 Å². The molecule has 0 fully saturated rings. The van der Waals surface area contributed by atoms with E-state index in [1.165, 1.54) is 19.3 Å². The molecule has 8 nitrogen and oxygen atoms in total. The minimum Gasteiger partial charge on any atom is -0.497 e. The Morgan fingerprint density at radius 2 is 1.72 bits per heavy atom. The number of ether oxygens (including phenoxy) is 1. The Morgan fingerprint density at radius 1 is 1.00 bits per heavy atom. The molecule has 0 atom stereocenters. The van der Waals surface area contributed by atoms with Gasteiger partial charge in [0.2, 0.25) is 0 Å². The van der Waals surface area contributed by atoms with Crippen LogP contribution >= 0.6 is 23.8 Å². The third kappa shape index (κ3) is 6.14. The summed E-state index contributed by atoms with van der Waals surface area (Å²) in [5.74, 6) is 2.07. The fraction of sp³-hybridized carbons (Fsp3) is 0.385. The fourth-order valence-electron chi connectivity index (χ4n) is 4.15. The number of aryl methyl sites for hydroxylation is 1. The number of aromatic nitrogens is 6. The van der Waals surface area contributed by atoms with Gasteiger partial charge in [0.1, 0.15) is 11.6 Å². The van der Waals surface area contributed by atoms with Gasteiger partial charge in [-0.25, -0.2) is 9.48 Å². The van der Waals surface area contributed by atoms with Crippen molar-refractivity contribution in [3.8, 4) is 11.4 Å². The van der Waals surface area contributed by atoms with Crippen LogP contribution in [0.2, 0.25) is 5.02 Å². The summed E-state index contributed by atoms with van der Waals surface area (Å²) in [4.78, 5) is 13.5. The van der Waals surface area contributed by atoms with Crippen molar-refractivity contribution in [2.75, 3.05) is 7.11 Å². The highest BCUT2D eigenvalue weighted by Crippen LogP contribution is 2.18. The first-order valence-corrected chi connectivity index (χ1v) is 13.0. The normalized spacial score (nSPS) is 11.2. The topological polar surface area (TPSA) is 82.7 Å². The Balaban J connectivity index is 1.66. The van der Waals surface area contributed by atoms with Gasteiger partial charge in [-0.2, -0.15) is 10.2 Å². The third-order valence-corrected chi connectivity index (χ3v) is 6.65. The first-order valence-electron chi connectivity index (χ1n) is 12.2. The summed E-state index contributed by atoms with van der Waals surface area (Å²) < 4.78 is 10.8. The van der Waals surface area contributed by atoms with Crippen LogP contribution in [0.15, 0.2) is 53.3 Å². The number of benzene rings is 2. The summed E-state index contributed by atoms with van der Waals surface area (Å²) in [7, 11) is 1.64. The Morgan fingerprint density at radius 3 is 2.42 bits per heavy atom. The van der Waals surface area contributed by atoms with Crippen molar-refractivity contribution in [2.45, 2.75) is 58.5 Å². The second-order valence-electron chi connectivity index (χ2n) is 8.70. The van der Waals surface area contributed by atoms with Crippen LogP contribution in [0.25, 0.3) is 5.69 Å². The maximum atomic E-state index is 13.5. The highest BCUT2D eigenvalue weighted by atomic mass is 35.5. The van der Waals surface area contributed by atoms with Crippen LogP contribution in [0.3, 0.4) is 0 Å². The molecule has 0 amide bonds. The van der Waals surface area contributed by atoms with E-state index < -0.39 is 0 Å². The highest BCUT2D eigenvalue weighted by Gasteiger charge is 2.18. The van der Waals surface area contributed by atoms with Crippen molar-refractivity contribution < 1.29 is 4.74 Å². The molecule has 2 aromatic carbocycles. The zero-order valence-electron chi connectivity index (χ0n) is 20.6.